The number of aromatic nitrogens is 6. The van der Waals surface area contributed by atoms with E-state index in [0.717, 1.165) is 11.6 Å². The largest absolute Gasteiger partial charge is 0.479 e. The summed E-state index contributed by atoms with van der Waals surface area (Å²) in [4.78, 5) is 6.47. The molecule has 2 fully saturated rings. The van der Waals surface area contributed by atoms with E-state index >= 15 is 4.39 Å². The molecule has 3 aromatic heterocycles. The van der Waals surface area contributed by atoms with Crippen LogP contribution in [0.15, 0.2) is 24.4 Å². The van der Waals surface area contributed by atoms with Gasteiger partial charge in [-0.1, -0.05) is 11.3 Å². The minimum atomic E-state index is -3.01. The fourth-order valence-corrected chi connectivity index (χ4v) is 5.02. The van der Waals surface area contributed by atoms with Gasteiger partial charge in [0.05, 0.1) is 49.7 Å². The van der Waals surface area contributed by atoms with Crippen LogP contribution < -0.4 is 10.1 Å². The van der Waals surface area contributed by atoms with E-state index in [0.29, 0.717) is 42.8 Å². The Morgan fingerprint density at radius 2 is 2.08 bits per heavy atom. The van der Waals surface area contributed by atoms with Crippen molar-refractivity contribution in [3.63, 3.8) is 0 Å². The van der Waals surface area contributed by atoms with Crippen molar-refractivity contribution in [2.75, 3.05) is 38.7 Å². The van der Waals surface area contributed by atoms with Crippen LogP contribution in [-0.4, -0.2) is 92.1 Å². The molecule has 38 heavy (non-hydrogen) atoms. The number of rotatable bonds is 7. The first-order chi connectivity index (χ1) is 18.2. The highest BCUT2D eigenvalue weighted by Gasteiger charge is 2.36. The van der Waals surface area contributed by atoms with E-state index in [9.17, 15) is 13.2 Å². The summed E-state index contributed by atoms with van der Waals surface area (Å²) >= 11 is 0. The highest BCUT2D eigenvalue weighted by atomic mass is 19.3. The van der Waals surface area contributed by atoms with E-state index < -0.39 is 30.5 Å². The molecule has 2 aliphatic heterocycles. The standard InChI is InChI=1S/C24H26F4N8O2/c1-24(27,28)12-36-19-7-13(3-4-18(19)31-33-36)20-16(26)9-35-21(20)22(37-2)30-23(32-35)29-17-5-6-34(8-15(17)25)14-10-38-11-14/h3-4,7,9,14-15,17H,5-6,8,10-12H2,1-2H3,(H,29,32)/t15-,17-/m0/s1. The number of ether oxygens (including phenoxy) is 2. The third kappa shape index (κ3) is 4.51. The summed E-state index contributed by atoms with van der Waals surface area (Å²) in [7, 11) is 1.39. The average Bonchev–Trinajstić information content (AvgIpc) is 3.37. The van der Waals surface area contributed by atoms with Gasteiger partial charge < -0.3 is 14.8 Å². The van der Waals surface area contributed by atoms with E-state index in [1.807, 2.05) is 0 Å². The second kappa shape index (κ2) is 9.34. The van der Waals surface area contributed by atoms with Crippen molar-refractivity contribution < 1.29 is 27.0 Å². The fraction of sp³-hybridized carbons (Fsp3) is 0.500. The Balaban J connectivity index is 1.32. The molecule has 6 rings (SSSR count). The maximum absolute atomic E-state index is 15.3. The highest BCUT2D eigenvalue weighted by Crippen LogP contribution is 2.36. The number of nitrogens with one attached hydrogen (secondary N) is 1. The lowest BCUT2D eigenvalue weighted by atomic mass is 10.0. The number of hydrogen-bond acceptors (Lipinski definition) is 8. The van der Waals surface area contributed by atoms with E-state index in [2.05, 4.69) is 30.6 Å². The summed E-state index contributed by atoms with van der Waals surface area (Å²) < 4.78 is 70.6. The molecular formula is C24H26F4N8O2. The van der Waals surface area contributed by atoms with Gasteiger partial charge in [-0.2, -0.15) is 4.98 Å². The number of halogens is 4. The predicted molar refractivity (Wildman–Crippen MR) is 130 cm³/mol. The molecule has 1 N–H and O–H groups in total. The zero-order valence-electron chi connectivity index (χ0n) is 20.7. The first-order valence-electron chi connectivity index (χ1n) is 12.3. The first kappa shape index (κ1) is 24.8. The number of fused-ring (bicyclic) bond motifs is 2. The van der Waals surface area contributed by atoms with E-state index in [1.165, 1.54) is 17.8 Å². The normalized spacial score (nSPS) is 21.2. The Hall–Kier alpha value is -3.52. The summed E-state index contributed by atoms with van der Waals surface area (Å²) in [6.07, 6.45) is 0.574. The molecule has 2 saturated heterocycles. The van der Waals surface area contributed by atoms with Crippen molar-refractivity contribution >= 4 is 22.5 Å². The summed E-state index contributed by atoms with van der Waals surface area (Å²) in [6, 6.07) is 4.48. The van der Waals surface area contributed by atoms with Gasteiger partial charge in [-0.3, -0.25) is 4.90 Å². The lowest BCUT2D eigenvalue weighted by Gasteiger charge is -2.42. The molecule has 2 atom stereocenters. The number of nitrogens with zero attached hydrogens (tertiary/aromatic N) is 7. The Morgan fingerprint density at radius 3 is 2.76 bits per heavy atom. The van der Waals surface area contributed by atoms with E-state index in [4.69, 9.17) is 9.47 Å². The predicted octanol–water partition coefficient (Wildman–Crippen LogP) is 3.17. The number of methoxy groups -OCH3 is 1. The van der Waals surface area contributed by atoms with Gasteiger partial charge >= 0.3 is 0 Å². The lowest BCUT2D eigenvalue weighted by Crippen LogP contribution is -2.57. The SMILES string of the molecule is COc1nc(N[C@H]2CCN(C3COC3)C[C@@H]2F)nn2cc(F)c(-c3ccc4nnn(CC(C)(F)F)c4c3)c12. The second-order valence-electron chi connectivity index (χ2n) is 9.85. The van der Waals surface area contributed by atoms with Crippen LogP contribution in [0.3, 0.4) is 0 Å². The molecule has 0 amide bonds. The Bertz CT molecular complexity index is 1480. The monoisotopic (exact) mass is 534 g/mol. The Labute approximate surface area is 214 Å². The second-order valence-corrected chi connectivity index (χ2v) is 9.85. The van der Waals surface area contributed by atoms with Gasteiger partial charge in [-0.15, -0.1) is 10.2 Å². The molecule has 0 spiro atoms. The van der Waals surface area contributed by atoms with Gasteiger partial charge in [0.15, 0.2) is 5.82 Å². The van der Waals surface area contributed by atoms with Crippen molar-refractivity contribution in [3.05, 3.63) is 30.2 Å². The number of piperidine rings is 1. The molecule has 0 bridgehead atoms. The quantitative estimate of drug-likeness (QED) is 0.362. The number of likely N-dealkylation sites (tertiary alicyclic amines) is 1. The molecule has 5 heterocycles. The van der Waals surface area contributed by atoms with Crippen LogP contribution in [0.5, 0.6) is 5.88 Å². The van der Waals surface area contributed by atoms with Crippen LogP contribution in [0.4, 0.5) is 23.5 Å². The minimum Gasteiger partial charge on any atom is -0.479 e. The van der Waals surface area contributed by atoms with Gasteiger partial charge in [0.2, 0.25) is 11.8 Å². The highest BCUT2D eigenvalue weighted by molar-refractivity contribution is 5.89. The average molecular weight is 535 g/mol. The summed E-state index contributed by atoms with van der Waals surface area (Å²) in [5, 5.41) is 15.1. The lowest BCUT2D eigenvalue weighted by molar-refractivity contribution is -0.0794. The zero-order chi connectivity index (χ0) is 26.6. The maximum Gasteiger partial charge on any atom is 0.264 e. The van der Waals surface area contributed by atoms with Crippen molar-refractivity contribution in [1.82, 2.24) is 34.5 Å². The molecular weight excluding hydrogens is 508 g/mol. The van der Waals surface area contributed by atoms with Gasteiger partial charge in [0, 0.05) is 20.0 Å². The van der Waals surface area contributed by atoms with Gasteiger partial charge in [-0.05, 0) is 24.1 Å². The summed E-state index contributed by atoms with van der Waals surface area (Å²) in [6.45, 7) is 2.37. The topological polar surface area (TPSA) is 94.6 Å². The van der Waals surface area contributed by atoms with Crippen molar-refractivity contribution in [2.24, 2.45) is 0 Å². The number of anilines is 1. The third-order valence-electron chi connectivity index (χ3n) is 7.00. The van der Waals surface area contributed by atoms with Crippen molar-refractivity contribution in [3.8, 4) is 17.0 Å². The molecule has 2 aliphatic rings. The molecule has 0 radical (unpaired) electrons. The molecule has 10 nitrogen and oxygen atoms in total. The van der Waals surface area contributed by atoms with Crippen molar-refractivity contribution in [1.29, 1.82) is 0 Å². The van der Waals surface area contributed by atoms with Crippen molar-refractivity contribution in [2.45, 2.75) is 44.1 Å². The fourth-order valence-electron chi connectivity index (χ4n) is 5.02. The Morgan fingerprint density at radius 1 is 1.26 bits per heavy atom. The van der Waals surface area contributed by atoms with Gasteiger partial charge in [-0.25, -0.2) is 26.8 Å². The third-order valence-corrected chi connectivity index (χ3v) is 7.00. The number of alkyl halides is 3. The summed E-state index contributed by atoms with van der Waals surface area (Å²) in [5.41, 5.74) is 1.49. The van der Waals surface area contributed by atoms with Crippen LogP contribution in [0.25, 0.3) is 27.7 Å². The molecule has 1 aromatic carbocycles. The van der Waals surface area contributed by atoms with E-state index in [-0.39, 0.29) is 35.5 Å². The number of benzene rings is 1. The maximum atomic E-state index is 15.3. The number of hydrogen-bond donors (Lipinski definition) is 1. The van der Waals surface area contributed by atoms with Crippen LogP contribution in [-0.2, 0) is 11.3 Å². The molecule has 4 aromatic rings. The van der Waals surface area contributed by atoms with Crippen LogP contribution in [0.2, 0.25) is 0 Å². The Kier molecular flexibility index (Phi) is 6.10. The summed E-state index contributed by atoms with van der Waals surface area (Å²) in [5.74, 6) is -3.45. The molecule has 202 valence electrons. The first-order valence-corrected chi connectivity index (χ1v) is 12.3. The van der Waals surface area contributed by atoms with Crippen LogP contribution in [0, 0.1) is 5.82 Å². The molecule has 0 unspecified atom stereocenters. The molecule has 0 aliphatic carbocycles. The van der Waals surface area contributed by atoms with Gasteiger partial charge in [0.1, 0.15) is 23.7 Å². The van der Waals surface area contributed by atoms with E-state index in [1.54, 1.807) is 18.2 Å². The van der Waals surface area contributed by atoms with Gasteiger partial charge in [0.25, 0.3) is 5.92 Å². The minimum absolute atomic E-state index is 0.0766. The zero-order valence-corrected chi connectivity index (χ0v) is 20.7. The van der Waals surface area contributed by atoms with Crippen LogP contribution in [0.1, 0.15) is 13.3 Å². The molecule has 14 heteroatoms. The van der Waals surface area contributed by atoms with Crippen LogP contribution >= 0.6 is 0 Å². The smallest absolute Gasteiger partial charge is 0.264 e. The molecule has 0 saturated carbocycles.